The zero-order chi connectivity index (χ0) is 22.8. The van der Waals surface area contributed by atoms with Crippen LogP contribution in [0.3, 0.4) is 0 Å². The second kappa shape index (κ2) is 12.8. The molecule has 32 heavy (non-hydrogen) atoms. The second-order valence-corrected chi connectivity index (χ2v) is 8.87. The predicted molar refractivity (Wildman–Crippen MR) is 128 cm³/mol. The number of ether oxygens (including phenoxy) is 3. The summed E-state index contributed by atoms with van der Waals surface area (Å²) in [5, 5.41) is 0. The summed E-state index contributed by atoms with van der Waals surface area (Å²) in [7, 11) is 0. The van der Waals surface area contributed by atoms with Crippen LogP contribution >= 0.6 is 0 Å². The summed E-state index contributed by atoms with van der Waals surface area (Å²) in [6.07, 6.45) is 9.52. The maximum atomic E-state index is 12.5. The quantitative estimate of drug-likeness (QED) is 0.210. The van der Waals surface area contributed by atoms with Crippen molar-refractivity contribution >= 4 is 5.97 Å². The SMILES string of the molecule is CCCCCCCC1COC(c2ccc(C(=O)Oc3ccc(CCC)cc3)cc2)OC1C. The lowest BCUT2D eigenvalue weighted by atomic mass is 9.95. The van der Waals surface area contributed by atoms with Crippen molar-refractivity contribution in [2.24, 2.45) is 5.92 Å². The molecule has 1 heterocycles. The van der Waals surface area contributed by atoms with E-state index in [1.54, 1.807) is 12.1 Å². The number of benzene rings is 2. The molecule has 0 spiro atoms. The topological polar surface area (TPSA) is 44.8 Å². The van der Waals surface area contributed by atoms with Crippen molar-refractivity contribution in [3.8, 4) is 5.75 Å². The Hall–Kier alpha value is -2.17. The van der Waals surface area contributed by atoms with E-state index in [-0.39, 0.29) is 18.4 Å². The summed E-state index contributed by atoms with van der Waals surface area (Å²) < 4.78 is 17.7. The summed E-state index contributed by atoms with van der Waals surface area (Å²) >= 11 is 0. The first-order valence-electron chi connectivity index (χ1n) is 12.3. The number of rotatable bonds is 11. The van der Waals surface area contributed by atoms with E-state index in [0.29, 0.717) is 17.2 Å². The van der Waals surface area contributed by atoms with Crippen LogP contribution in [-0.4, -0.2) is 18.7 Å². The molecule has 174 valence electrons. The Bertz CT molecular complexity index is 812. The summed E-state index contributed by atoms with van der Waals surface area (Å²) in [4.78, 5) is 12.5. The van der Waals surface area contributed by atoms with Crippen LogP contribution < -0.4 is 4.74 Å². The maximum absolute atomic E-state index is 12.5. The highest BCUT2D eigenvalue weighted by Crippen LogP contribution is 2.32. The van der Waals surface area contributed by atoms with Crippen LogP contribution in [0, 0.1) is 5.92 Å². The Morgan fingerprint density at radius 2 is 1.66 bits per heavy atom. The van der Waals surface area contributed by atoms with Crippen LogP contribution in [0.4, 0.5) is 0 Å². The first-order chi connectivity index (χ1) is 15.6. The summed E-state index contributed by atoms with van der Waals surface area (Å²) in [5.74, 6) is 0.653. The van der Waals surface area contributed by atoms with Gasteiger partial charge in [0, 0.05) is 11.5 Å². The van der Waals surface area contributed by atoms with Crippen molar-refractivity contribution < 1.29 is 19.0 Å². The van der Waals surface area contributed by atoms with E-state index in [4.69, 9.17) is 14.2 Å². The Balaban J connectivity index is 1.48. The zero-order valence-corrected chi connectivity index (χ0v) is 19.8. The second-order valence-electron chi connectivity index (χ2n) is 8.87. The van der Waals surface area contributed by atoms with Gasteiger partial charge in [0.15, 0.2) is 6.29 Å². The van der Waals surface area contributed by atoms with Crippen molar-refractivity contribution in [3.05, 3.63) is 65.2 Å². The van der Waals surface area contributed by atoms with E-state index in [2.05, 4.69) is 20.8 Å². The van der Waals surface area contributed by atoms with Gasteiger partial charge in [0.2, 0.25) is 0 Å². The van der Waals surface area contributed by atoms with Crippen molar-refractivity contribution in [1.29, 1.82) is 0 Å². The molecule has 2 aromatic carbocycles. The molecule has 0 aromatic heterocycles. The average Bonchev–Trinajstić information content (AvgIpc) is 2.81. The van der Waals surface area contributed by atoms with E-state index in [9.17, 15) is 4.79 Å². The first-order valence-corrected chi connectivity index (χ1v) is 12.3. The highest BCUT2D eigenvalue weighted by atomic mass is 16.7. The number of aryl methyl sites for hydroxylation is 1. The lowest BCUT2D eigenvalue weighted by Gasteiger charge is -2.35. The van der Waals surface area contributed by atoms with Gasteiger partial charge in [-0.15, -0.1) is 0 Å². The van der Waals surface area contributed by atoms with Crippen LogP contribution in [0.15, 0.2) is 48.5 Å². The van der Waals surface area contributed by atoms with E-state index in [0.717, 1.165) is 31.4 Å². The molecule has 0 amide bonds. The molecular formula is C28H38O4. The van der Waals surface area contributed by atoms with Crippen LogP contribution in [-0.2, 0) is 15.9 Å². The molecule has 4 nitrogen and oxygen atoms in total. The van der Waals surface area contributed by atoms with Gasteiger partial charge in [-0.05, 0) is 49.6 Å². The van der Waals surface area contributed by atoms with E-state index in [1.807, 2.05) is 36.4 Å². The fraction of sp³-hybridized carbons (Fsp3) is 0.536. The average molecular weight is 439 g/mol. The monoisotopic (exact) mass is 438 g/mol. The molecule has 0 N–H and O–H groups in total. The van der Waals surface area contributed by atoms with Crippen LogP contribution in [0.25, 0.3) is 0 Å². The third-order valence-electron chi connectivity index (χ3n) is 6.23. The predicted octanol–water partition coefficient (Wildman–Crippen LogP) is 7.27. The Labute approximate surface area is 193 Å². The summed E-state index contributed by atoms with van der Waals surface area (Å²) in [5.41, 5.74) is 2.69. The minimum atomic E-state index is -0.377. The molecule has 0 aliphatic carbocycles. The minimum Gasteiger partial charge on any atom is -0.423 e. The van der Waals surface area contributed by atoms with Gasteiger partial charge in [0.25, 0.3) is 0 Å². The maximum Gasteiger partial charge on any atom is 0.343 e. The fourth-order valence-corrected chi connectivity index (χ4v) is 4.15. The van der Waals surface area contributed by atoms with Gasteiger partial charge >= 0.3 is 5.97 Å². The molecule has 3 atom stereocenters. The molecule has 3 rings (SSSR count). The highest BCUT2D eigenvalue weighted by Gasteiger charge is 2.29. The van der Waals surface area contributed by atoms with Crippen LogP contribution in [0.2, 0.25) is 0 Å². The third kappa shape index (κ3) is 7.18. The van der Waals surface area contributed by atoms with Crippen molar-refractivity contribution in [3.63, 3.8) is 0 Å². The molecular weight excluding hydrogens is 400 g/mol. The number of esters is 1. The zero-order valence-electron chi connectivity index (χ0n) is 19.8. The largest absolute Gasteiger partial charge is 0.423 e. The summed E-state index contributed by atoms with van der Waals surface area (Å²) in [6, 6.07) is 15.1. The molecule has 3 unspecified atom stereocenters. The molecule has 2 aromatic rings. The van der Waals surface area contributed by atoms with E-state index < -0.39 is 0 Å². The number of hydrogen-bond acceptors (Lipinski definition) is 4. The Morgan fingerprint density at radius 1 is 0.938 bits per heavy atom. The Kier molecular flexibility index (Phi) is 9.76. The summed E-state index contributed by atoms with van der Waals surface area (Å²) in [6.45, 7) is 7.25. The van der Waals surface area contributed by atoms with E-state index in [1.165, 1.54) is 37.7 Å². The molecule has 0 radical (unpaired) electrons. The molecule has 1 aliphatic rings. The van der Waals surface area contributed by atoms with Gasteiger partial charge in [-0.3, -0.25) is 0 Å². The minimum absolute atomic E-state index is 0.167. The Morgan fingerprint density at radius 3 is 2.31 bits per heavy atom. The third-order valence-corrected chi connectivity index (χ3v) is 6.23. The van der Waals surface area contributed by atoms with Gasteiger partial charge < -0.3 is 14.2 Å². The number of unbranched alkanes of at least 4 members (excludes halogenated alkanes) is 4. The normalized spacial score (nSPS) is 20.8. The van der Waals surface area contributed by atoms with Gasteiger partial charge in [-0.25, -0.2) is 4.79 Å². The molecule has 1 aliphatic heterocycles. The van der Waals surface area contributed by atoms with Gasteiger partial charge in [-0.2, -0.15) is 0 Å². The smallest absolute Gasteiger partial charge is 0.343 e. The van der Waals surface area contributed by atoms with Crippen LogP contribution in [0.1, 0.15) is 93.5 Å². The lowest BCUT2D eigenvalue weighted by molar-refractivity contribution is -0.237. The van der Waals surface area contributed by atoms with Crippen molar-refractivity contribution in [2.75, 3.05) is 6.61 Å². The standard InChI is InChI=1S/C28H38O4/c1-4-6-7-8-9-11-25-20-30-28(31-21(25)3)24-16-14-23(15-17-24)27(29)32-26-18-12-22(10-5-2)13-19-26/h12-19,21,25,28H,4-11,20H2,1-3H3. The van der Waals surface area contributed by atoms with Gasteiger partial charge in [0.1, 0.15) is 5.75 Å². The molecule has 0 saturated carbocycles. The number of carbonyl (C=O) groups is 1. The van der Waals surface area contributed by atoms with Crippen molar-refractivity contribution in [1.82, 2.24) is 0 Å². The number of carbonyl (C=O) groups excluding carboxylic acids is 1. The molecule has 0 bridgehead atoms. The first kappa shape index (κ1) is 24.5. The van der Waals surface area contributed by atoms with Crippen molar-refractivity contribution in [2.45, 2.75) is 84.5 Å². The molecule has 4 heteroatoms. The fourth-order valence-electron chi connectivity index (χ4n) is 4.15. The number of hydrogen-bond donors (Lipinski definition) is 0. The van der Waals surface area contributed by atoms with E-state index >= 15 is 0 Å². The van der Waals surface area contributed by atoms with Gasteiger partial charge in [0.05, 0.1) is 18.3 Å². The van der Waals surface area contributed by atoms with Crippen LogP contribution in [0.5, 0.6) is 5.75 Å². The highest BCUT2D eigenvalue weighted by molar-refractivity contribution is 5.91. The lowest BCUT2D eigenvalue weighted by Crippen LogP contribution is -2.34. The molecule has 1 fully saturated rings. The van der Waals surface area contributed by atoms with Gasteiger partial charge in [-0.1, -0.05) is 76.6 Å². The molecule has 1 saturated heterocycles.